The molecule has 6 heteroatoms. The molecule has 202 valence electrons. The van der Waals surface area contributed by atoms with Crippen LogP contribution >= 0.6 is 0 Å². The summed E-state index contributed by atoms with van der Waals surface area (Å²) in [6, 6.07) is 3.42. The van der Waals surface area contributed by atoms with Gasteiger partial charge >= 0.3 is 0 Å². The summed E-state index contributed by atoms with van der Waals surface area (Å²) in [5.74, 6) is 0.853. The molecule has 2 aliphatic rings. The number of hydrogen-bond acceptors (Lipinski definition) is 4. The highest BCUT2D eigenvalue weighted by Crippen LogP contribution is 2.41. The van der Waals surface area contributed by atoms with Gasteiger partial charge in [-0.2, -0.15) is 0 Å². The summed E-state index contributed by atoms with van der Waals surface area (Å²) in [5, 5.41) is 10.7. The van der Waals surface area contributed by atoms with Crippen LogP contribution in [-0.2, 0) is 8.85 Å². The third-order valence-electron chi connectivity index (χ3n) is 9.72. The third-order valence-corrected chi connectivity index (χ3v) is 18.9. The van der Waals surface area contributed by atoms with Gasteiger partial charge in [-0.1, -0.05) is 55.0 Å². The van der Waals surface area contributed by atoms with Gasteiger partial charge in [-0.25, -0.2) is 0 Å². The van der Waals surface area contributed by atoms with Gasteiger partial charge in [0.1, 0.15) is 0 Å². The highest BCUT2D eigenvalue weighted by Gasteiger charge is 2.44. The predicted molar refractivity (Wildman–Crippen MR) is 154 cm³/mol. The van der Waals surface area contributed by atoms with Crippen LogP contribution < -0.4 is 0 Å². The van der Waals surface area contributed by atoms with Crippen LogP contribution in [0.1, 0.15) is 88.0 Å². The van der Waals surface area contributed by atoms with Crippen molar-refractivity contribution in [3.63, 3.8) is 0 Å². The first kappa shape index (κ1) is 32.0. The summed E-state index contributed by atoms with van der Waals surface area (Å²) in [5.41, 5.74) is 1.27. The van der Waals surface area contributed by atoms with E-state index in [2.05, 4.69) is 93.9 Å². The van der Waals surface area contributed by atoms with Crippen molar-refractivity contribution in [2.24, 2.45) is 5.92 Å². The largest absolute Gasteiger partial charge is 0.414 e. The fourth-order valence-electron chi connectivity index (χ4n) is 4.86. The van der Waals surface area contributed by atoms with Gasteiger partial charge in [-0.15, -0.1) is 0 Å². The minimum absolute atomic E-state index is 0.0723. The van der Waals surface area contributed by atoms with E-state index < -0.39 is 22.7 Å². The first-order valence-electron chi connectivity index (χ1n) is 13.9. The Hall–Kier alpha value is 0.0138. The van der Waals surface area contributed by atoms with Crippen molar-refractivity contribution < 1.29 is 14.0 Å². The molecule has 34 heavy (non-hydrogen) atoms. The van der Waals surface area contributed by atoms with Gasteiger partial charge in [-0.3, -0.25) is 0 Å². The molecular weight excluding hydrogens is 454 g/mol. The Morgan fingerprint density at radius 1 is 1.06 bits per heavy atom. The fraction of sp³-hybridized carbons (Fsp3) is 0.929. The molecule has 2 rings (SSSR count). The maximum atomic E-state index is 10.5. The Labute approximate surface area is 215 Å². The van der Waals surface area contributed by atoms with Gasteiger partial charge in [0.15, 0.2) is 16.6 Å². The minimum atomic E-state index is -1.89. The van der Waals surface area contributed by atoms with Crippen LogP contribution in [0.2, 0.25) is 36.3 Å². The predicted octanol–water partition coefficient (Wildman–Crippen LogP) is 7.60. The fourth-order valence-corrected chi connectivity index (χ4v) is 9.07. The van der Waals surface area contributed by atoms with Crippen molar-refractivity contribution >= 4 is 16.6 Å². The van der Waals surface area contributed by atoms with Gasteiger partial charge in [0.05, 0.1) is 18.3 Å². The topological polar surface area (TPSA) is 41.9 Å². The van der Waals surface area contributed by atoms with E-state index in [9.17, 15) is 5.11 Å². The second-order valence-electron chi connectivity index (χ2n) is 13.0. The van der Waals surface area contributed by atoms with Gasteiger partial charge in [-0.05, 0) is 88.0 Å². The first-order chi connectivity index (χ1) is 15.5. The minimum Gasteiger partial charge on any atom is -0.414 e. The first-order valence-corrected chi connectivity index (χ1v) is 19.3. The van der Waals surface area contributed by atoms with Gasteiger partial charge in [0.25, 0.3) is 0 Å². The summed E-state index contributed by atoms with van der Waals surface area (Å²) < 4.78 is 13.2. The molecule has 4 atom stereocenters. The number of aliphatic hydroxyl groups is 1. The van der Waals surface area contributed by atoms with Gasteiger partial charge in [0, 0.05) is 18.4 Å². The molecule has 0 radical (unpaired) electrons. The van der Waals surface area contributed by atoms with Crippen molar-refractivity contribution in [1.29, 1.82) is 0 Å². The molecule has 0 aromatic heterocycles. The molecule has 0 amide bonds. The van der Waals surface area contributed by atoms with Crippen LogP contribution in [0.25, 0.3) is 0 Å². The van der Waals surface area contributed by atoms with Crippen molar-refractivity contribution in [3.05, 3.63) is 12.2 Å². The molecule has 1 unspecified atom stereocenters. The van der Waals surface area contributed by atoms with E-state index >= 15 is 0 Å². The lowest BCUT2D eigenvalue weighted by Gasteiger charge is -2.45. The second kappa shape index (κ2) is 12.5. The Bertz CT molecular complexity index is 620. The normalized spacial score (nSPS) is 28.9. The quantitative estimate of drug-likeness (QED) is 0.281. The molecule has 0 bridgehead atoms. The van der Waals surface area contributed by atoms with Crippen LogP contribution in [0.4, 0.5) is 0 Å². The summed E-state index contributed by atoms with van der Waals surface area (Å²) in [4.78, 5) is 2.47. The average molecular weight is 514 g/mol. The Balaban J connectivity index is 0.000000479. The SMILES string of the molecule is C=C1[C@@H](O)C[C@H](O[Si](CC)(CC)CC)C[C@H]1O[Si](C)(C)C(C)(C)C.CC1CCCN(C)C1(C)C. The number of rotatable bonds is 7. The highest BCUT2D eigenvalue weighted by molar-refractivity contribution is 6.74. The summed E-state index contributed by atoms with van der Waals surface area (Å²) in [7, 11) is -1.33. The number of likely N-dealkylation sites (tertiary alicyclic amines) is 1. The monoisotopic (exact) mass is 513 g/mol. The Kier molecular flexibility index (Phi) is 11.8. The molecule has 1 aliphatic carbocycles. The number of hydrogen-bond donors (Lipinski definition) is 1. The lowest BCUT2D eigenvalue weighted by atomic mass is 9.81. The van der Waals surface area contributed by atoms with Gasteiger partial charge in [0.2, 0.25) is 0 Å². The second-order valence-corrected chi connectivity index (χ2v) is 22.5. The van der Waals surface area contributed by atoms with Crippen LogP contribution in [0.15, 0.2) is 12.2 Å². The molecule has 4 nitrogen and oxygen atoms in total. The van der Waals surface area contributed by atoms with E-state index in [1.54, 1.807) is 0 Å². The maximum absolute atomic E-state index is 10.5. The lowest BCUT2D eigenvalue weighted by Crippen LogP contribution is -2.50. The third kappa shape index (κ3) is 8.01. The maximum Gasteiger partial charge on any atom is 0.192 e. The van der Waals surface area contributed by atoms with E-state index in [-0.39, 0.29) is 17.2 Å². The molecule has 0 spiro atoms. The molecule has 1 saturated heterocycles. The summed E-state index contributed by atoms with van der Waals surface area (Å²) in [6.07, 6.45) is 3.82. The van der Waals surface area contributed by atoms with Crippen LogP contribution in [0.3, 0.4) is 0 Å². The van der Waals surface area contributed by atoms with Crippen LogP contribution in [0, 0.1) is 5.92 Å². The Morgan fingerprint density at radius 2 is 1.59 bits per heavy atom. The van der Waals surface area contributed by atoms with Gasteiger partial charge < -0.3 is 18.9 Å². The zero-order valence-electron chi connectivity index (χ0n) is 24.9. The van der Waals surface area contributed by atoms with Crippen molar-refractivity contribution in [2.75, 3.05) is 13.6 Å². The van der Waals surface area contributed by atoms with Crippen molar-refractivity contribution in [1.82, 2.24) is 4.90 Å². The zero-order chi connectivity index (χ0) is 26.5. The molecule has 0 aromatic rings. The number of aliphatic hydroxyl groups excluding tert-OH is 1. The molecule has 1 N–H and O–H groups in total. The van der Waals surface area contributed by atoms with Crippen molar-refractivity contribution in [3.8, 4) is 0 Å². The zero-order valence-corrected chi connectivity index (χ0v) is 26.9. The molecule has 2 fully saturated rings. The Morgan fingerprint density at radius 3 is 2.00 bits per heavy atom. The van der Waals surface area contributed by atoms with E-state index in [4.69, 9.17) is 8.85 Å². The van der Waals surface area contributed by atoms with E-state index in [0.29, 0.717) is 12.0 Å². The van der Waals surface area contributed by atoms with E-state index in [0.717, 1.165) is 36.0 Å². The smallest absolute Gasteiger partial charge is 0.192 e. The molecule has 1 heterocycles. The molecule has 0 aromatic carbocycles. The standard InChI is InChI=1S/C19H40O3Si2.C9H19N/c1-10-24(11-2,12-3)21-16-13-17(20)15(4)18(14-16)22-23(8,9)19(5,6)7;1-8-6-5-7-10(4)9(8,2)3/h16-18,20H,4,10-14H2,1-3,5-9H3;8H,5-7H2,1-4H3/t16-,17-,18+;/m0./s1. The highest BCUT2D eigenvalue weighted by atomic mass is 28.4. The number of nitrogens with zero attached hydrogens (tertiary/aromatic N) is 1. The molecule has 1 saturated carbocycles. The average Bonchev–Trinajstić information content (AvgIpc) is 2.73. The van der Waals surface area contributed by atoms with E-state index in [1.165, 1.54) is 19.4 Å². The van der Waals surface area contributed by atoms with E-state index in [1.807, 2.05) is 0 Å². The van der Waals surface area contributed by atoms with Crippen molar-refractivity contribution in [2.45, 2.75) is 148 Å². The number of piperidine rings is 1. The van der Waals surface area contributed by atoms with Crippen LogP contribution in [0.5, 0.6) is 0 Å². The summed E-state index contributed by atoms with van der Waals surface area (Å²) >= 11 is 0. The van der Waals surface area contributed by atoms with Crippen LogP contribution in [-0.4, -0.2) is 64.1 Å². The summed E-state index contributed by atoms with van der Waals surface area (Å²) in [6.45, 7) is 30.5. The molecular formula is C28H59NO3Si2. The molecule has 1 aliphatic heterocycles. The lowest BCUT2D eigenvalue weighted by molar-refractivity contribution is 0.0280.